The third kappa shape index (κ3) is 4.65. The second-order valence-electron chi connectivity index (χ2n) is 3.55. The van der Waals surface area contributed by atoms with Crippen molar-refractivity contribution in [3.63, 3.8) is 0 Å². The van der Waals surface area contributed by atoms with Crippen molar-refractivity contribution in [2.45, 2.75) is 26.3 Å². The third-order valence-corrected chi connectivity index (χ3v) is 1.74. The van der Waals surface area contributed by atoms with E-state index in [0.717, 1.165) is 6.54 Å². The molecule has 0 atom stereocenters. The van der Waals surface area contributed by atoms with Gasteiger partial charge in [0.25, 0.3) is 0 Å². The lowest BCUT2D eigenvalue weighted by Crippen LogP contribution is -2.39. The van der Waals surface area contributed by atoms with E-state index in [1.165, 1.54) is 0 Å². The molecule has 0 rings (SSSR count). The molecule has 4 heteroatoms. The summed E-state index contributed by atoms with van der Waals surface area (Å²) in [7, 11) is 2.02. The summed E-state index contributed by atoms with van der Waals surface area (Å²) in [6.07, 6.45) is 0. The maximum Gasteiger partial charge on any atom is 0.0385 e. The number of likely N-dealkylation sites (N-methyl/N-ethyl adjacent to an activating group) is 1. The molecule has 0 aromatic heterocycles. The second-order valence-corrected chi connectivity index (χ2v) is 3.55. The van der Waals surface area contributed by atoms with E-state index in [2.05, 4.69) is 35.7 Å². The van der Waals surface area contributed by atoms with E-state index < -0.39 is 0 Å². The van der Waals surface area contributed by atoms with Crippen molar-refractivity contribution in [1.82, 2.24) is 4.90 Å². The fourth-order valence-corrected chi connectivity index (χ4v) is 0.575. The molecule has 0 N–H and O–H groups in total. The van der Waals surface area contributed by atoms with Gasteiger partial charge in [0, 0.05) is 23.5 Å². The Morgan fingerprint density at radius 2 is 2.00 bits per heavy atom. The van der Waals surface area contributed by atoms with Crippen LogP contribution in [0.3, 0.4) is 0 Å². The van der Waals surface area contributed by atoms with Crippen LogP contribution in [0.1, 0.15) is 20.8 Å². The first-order valence-electron chi connectivity index (χ1n) is 3.70. The van der Waals surface area contributed by atoms with Crippen LogP contribution in [0.5, 0.6) is 0 Å². The Labute approximate surface area is 67.8 Å². The fourth-order valence-electron chi connectivity index (χ4n) is 0.575. The van der Waals surface area contributed by atoms with Crippen molar-refractivity contribution in [2.24, 2.45) is 5.11 Å². The Morgan fingerprint density at radius 1 is 1.45 bits per heavy atom. The molecule has 0 bridgehead atoms. The summed E-state index contributed by atoms with van der Waals surface area (Å²) < 4.78 is 0. The zero-order valence-corrected chi connectivity index (χ0v) is 7.70. The predicted octanol–water partition coefficient (Wildman–Crippen LogP) is 2.03. The lowest BCUT2D eigenvalue weighted by Gasteiger charge is -2.31. The van der Waals surface area contributed by atoms with Gasteiger partial charge in [0.05, 0.1) is 0 Å². The monoisotopic (exact) mass is 156 g/mol. The highest BCUT2D eigenvalue weighted by atomic mass is 15.2. The highest BCUT2D eigenvalue weighted by Crippen LogP contribution is 2.08. The summed E-state index contributed by atoms with van der Waals surface area (Å²) in [5.74, 6) is 0. The molecule has 4 nitrogen and oxygen atoms in total. The van der Waals surface area contributed by atoms with E-state index in [-0.39, 0.29) is 5.54 Å². The van der Waals surface area contributed by atoms with Crippen LogP contribution in [-0.2, 0) is 0 Å². The van der Waals surface area contributed by atoms with Gasteiger partial charge in [-0.15, -0.1) is 0 Å². The lowest BCUT2D eigenvalue weighted by molar-refractivity contribution is 0.181. The number of nitrogens with zero attached hydrogens (tertiary/aromatic N) is 4. The summed E-state index contributed by atoms with van der Waals surface area (Å²) in [4.78, 5) is 4.84. The predicted molar refractivity (Wildman–Crippen MR) is 46.4 cm³/mol. The maximum atomic E-state index is 8.02. The summed E-state index contributed by atoms with van der Waals surface area (Å²) in [6.45, 7) is 7.74. The van der Waals surface area contributed by atoms with E-state index >= 15 is 0 Å². The van der Waals surface area contributed by atoms with E-state index in [1.54, 1.807) is 0 Å². The Bertz CT molecular complexity index is 152. The molecular weight excluding hydrogens is 140 g/mol. The Hall–Kier alpha value is -0.730. The molecule has 64 valence electrons. The summed E-state index contributed by atoms with van der Waals surface area (Å²) in [6, 6.07) is 0. The molecule has 0 amide bonds. The quantitative estimate of drug-likeness (QED) is 0.350. The minimum absolute atomic E-state index is 0.158. The van der Waals surface area contributed by atoms with E-state index in [0.29, 0.717) is 6.54 Å². The molecule has 11 heavy (non-hydrogen) atoms. The SMILES string of the molecule is CN(CCN=[N+]=[N-])C(C)(C)C. The molecule has 0 aromatic rings. The van der Waals surface area contributed by atoms with Crippen LogP contribution in [-0.4, -0.2) is 30.6 Å². The van der Waals surface area contributed by atoms with Crippen molar-refractivity contribution in [1.29, 1.82) is 0 Å². The van der Waals surface area contributed by atoms with Gasteiger partial charge in [-0.05, 0) is 33.4 Å². The average Bonchev–Trinajstić information content (AvgIpc) is 1.86. The minimum atomic E-state index is 0.158. The number of hydrogen-bond donors (Lipinski definition) is 0. The molecule has 0 saturated carbocycles. The van der Waals surface area contributed by atoms with Crippen molar-refractivity contribution in [3.05, 3.63) is 10.4 Å². The molecule has 0 spiro atoms. The molecule has 0 heterocycles. The molecule has 0 radical (unpaired) electrons. The first kappa shape index (κ1) is 10.3. The van der Waals surface area contributed by atoms with Gasteiger partial charge in [-0.2, -0.15) is 0 Å². The molecule has 0 fully saturated rings. The fraction of sp³-hybridized carbons (Fsp3) is 1.00. The smallest absolute Gasteiger partial charge is 0.0385 e. The molecule has 0 aliphatic carbocycles. The van der Waals surface area contributed by atoms with Crippen LogP contribution >= 0.6 is 0 Å². The summed E-state index contributed by atoms with van der Waals surface area (Å²) in [5, 5.41) is 3.46. The van der Waals surface area contributed by atoms with Crippen LogP contribution in [0.15, 0.2) is 5.11 Å². The van der Waals surface area contributed by atoms with Crippen LogP contribution in [0.25, 0.3) is 10.4 Å². The number of rotatable bonds is 3. The van der Waals surface area contributed by atoms with Crippen molar-refractivity contribution in [2.75, 3.05) is 20.1 Å². The molecule has 0 aliphatic rings. The highest BCUT2D eigenvalue weighted by Gasteiger charge is 2.15. The molecule has 0 saturated heterocycles. The normalized spacial score (nSPS) is 11.4. The number of hydrogen-bond acceptors (Lipinski definition) is 2. The average molecular weight is 156 g/mol. The standard InChI is InChI=1S/C7H16N4/c1-7(2,3)11(4)6-5-9-10-8/h5-6H2,1-4H3. The largest absolute Gasteiger partial charge is 0.301 e. The Balaban J connectivity index is 3.69. The van der Waals surface area contributed by atoms with Crippen LogP contribution in [0.2, 0.25) is 0 Å². The van der Waals surface area contributed by atoms with Gasteiger partial charge in [-0.3, -0.25) is 0 Å². The highest BCUT2D eigenvalue weighted by molar-refractivity contribution is 4.72. The Morgan fingerprint density at radius 3 is 2.36 bits per heavy atom. The van der Waals surface area contributed by atoms with Crippen LogP contribution in [0, 0.1) is 0 Å². The third-order valence-electron chi connectivity index (χ3n) is 1.74. The van der Waals surface area contributed by atoms with Crippen LogP contribution < -0.4 is 0 Å². The first-order valence-corrected chi connectivity index (χ1v) is 3.70. The number of azide groups is 1. The Kier molecular flexibility index (Phi) is 3.93. The van der Waals surface area contributed by atoms with Crippen molar-refractivity contribution in [3.8, 4) is 0 Å². The van der Waals surface area contributed by atoms with Crippen LogP contribution in [0.4, 0.5) is 0 Å². The first-order chi connectivity index (χ1) is 4.98. The molecular formula is C7H16N4. The van der Waals surface area contributed by atoms with Gasteiger partial charge in [0.15, 0.2) is 0 Å². The zero-order valence-electron chi connectivity index (χ0n) is 7.70. The van der Waals surface area contributed by atoms with Gasteiger partial charge in [-0.1, -0.05) is 5.11 Å². The van der Waals surface area contributed by atoms with Gasteiger partial charge in [0.2, 0.25) is 0 Å². The van der Waals surface area contributed by atoms with Gasteiger partial charge in [0.1, 0.15) is 0 Å². The minimum Gasteiger partial charge on any atom is -0.301 e. The molecule has 0 aromatic carbocycles. The molecule has 0 aliphatic heterocycles. The second kappa shape index (κ2) is 4.21. The lowest BCUT2D eigenvalue weighted by atomic mass is 10.1. The summed E-state index contributed by atoms with van der Waals surface area (Å²) in [5.41, 5.74) is 8.18. The van der Waals surface area contributed by atoms with E-state index in [1.807, 2.05) is 7.05 Å². The van der Waals surface area contributed by atoms with Crippen molar-refractivity contribution >= 4 is 0 Å². The summed E-state index contributed by atoms with van der Waals surface area (Å²) >= 11 is 0. The van der Waals surface area contributed by atoms with Gasteiger partial charge < -0.3 is 4.90 Å². The zero-order chi connectivity index (χ0) is 8.91. The van der Waals surface area contributed by atoms with Gasteiger partial charge >= 0.3 is 0 Å². The maximum absolute atomic E-state index is 8.02. The van der Waals surface area contributed by atoms with E-state index in [4.69, 9.17) is 5.53 Å². The topological polar surface area (TPSA) is 52.0 Å². The molecule has 0 unspecified atom stereocenters. The van der Waals surface area contributed by atoms with E-state index in [9.17, 15) is 0 Å². The van der Waals surface area contributed by atoms with Gasteiger partial charge in [-0.25, -0.2) is 0 Å². The van der Waals surface area contributed by atoms with Crippen molar-refractivity contribution < 1.29 is 0 Å².